The van der Waals surface area contributed by atoms with Gasteiger partial charge in [-0.2, -0.15) is 15.2 Å². The zero-order chi connectivity index (χ0) is 30.4. The Hall–Kier alpha value is -4.16. The molecule has 7 rings (SSSR count). The third-order valence-electron chi connectivity index (χ3n) is 10.2. The number of amides is 1. The molecule has 1 aliphatic carbocycles. The largest absolute Gasteiger partial charge is 0.455 e. The van der Waals surface area contributed by atoms with E-state index in [1.54, 1.807) is 4.90 Å². The van der Waals surface area contributed by atoms with Crippen LogP contribution in [0.3, 0.4) is 0 Å². The van der Waals surface area contributed by atoms with Crippen molar-refractivity contribution in [2.45, 2.75) is 69.7 Å². The van der Waals surface area contributed by atoms with Crippen LogP contribution in [0.25, 0.3) is 10.8 Å². The van der Waals surface area contributed by atoms with Crippen LogP contribution in [0.2, 0.25) is 0 Å². The molecule has 3 aliphatic heterocycles. The van der Waals surface area contributed by atoms with Crippen LogP contribution in [0.15, 0.2) is 49.1 Å². The molecule has 3 fully saturated rings. The van der Waals surface area contributed by atoms with Crippen LogP contribution < -0.4 is 14.5 Å². The van der Waals surface area contributed by atoms with Gasteiger partial charge in [0.1, 0.15) is 11.4 Å². The lowest BCUT2D eigenvalue weighted by atomic mass is 9.99. The summed E-state index contributed by atoms with van der Waals surface area (Å²) in [7, 11) is 2.20. The maximum atomic E-state index is 12.6. The Kier molecular flexibility index (Phi) is 7.41. The van der Waals surface area contributed by atoms with Crippen molar-refractivity contribution in [3.63, 3.8) is 0 Å². The molecule has 9 nitrogen and oxygen atoms in total. The standard InChI is InChI=1S/C35H41N7O2/c1-4-31(43)42-21-20-41(22-26(42)13-17-36)33-27-14-19-40(29-11-6-10-25-9-5-8-24(2)32(25)29)23-28(27)37-34(38-33)44-35(15-16-35)30-12-7-18-39(30)3/h4-6,8-11,26,30H,1,7,12-16,18-23H2,2-3H3/t26-,30-/m0/s1. The van der Waals surface area contributed by atoms with Gasteiger partial charge in [0.25, 0.3) is 0 Å². The van der Waals surface area contributed by atoms with Crippen LogP contribution in [-0.2, 0) is 17.8 Å². The third-order valence-corrected chi connectivity index (χ3v) is 10.2. The fourth-order valence-corrected chi connectivity index (χ4v) is 7.79. The lowest BCUT2D eigenvalue weighted by Gasteiger charge is -2.42. The molecule has 2 saturated heterocycles. The predicted octanol–water partition coefficient (Wildman–Crippen LogP) is 4.62. The second kappa shape index (κ2) is 11.4. The van der Waals surface area contributed by atoms with Crippen molar-refractivity contribution in [1.29, 1.82) is 5.26 Å². The van der Waals surface area contributed by atoms with E-state index < -0.39 is 0 Å². The highest BCUT2D eigenvalue weighted by molar-refractivity contribution is 5.97. The van der Waals surface area contributed by atoms with Gasteiger partial charge in [0.15, 0.2) is 0 Å². The number of rotatable bonds is 7. The van der Waals surface area contributed by atoms with Crippen molar-refractivity contribution in [3.05, 3.63) is 65.9 Å². The molecular formula is C35H41N7O2. The highest BCUT2D eigenvalue weighted by Gasteiger charge is 2.55. The van der Waals surface area contributed by atoms with E-state index in [-0.39, 0.29) is 24.0 Å². The van der Waals surface area contributed by atoms with Gasteiger partial charge in [-0.1, -0.05) is 36.9 Å². The monoisotopic (exact) mass is 591 g/mol. The molecule has 2 atom stereocenters. The first-order chi connectivity index (χ1) is 21.4. The number of likely N-dealkylation sites (N-methyl/N-ethyl adjacent to an activating group) is 1. The second-order valence-corrected chi connectivity index (χ2v) is 12.9. The van der Waals surface area contributed by atoms with E-state index in [1.165, 1.54) is 34.5 Å². The van der Waals surface area contributed by atoms with E-state index in [4.69, 9.17) is 14.7 Å². The van der Waals surface area contributed by atoms with Crippen molar-refractivity contribution in [1.82, 2.24) is 19.8 Å². The van der Waals surface area contributed by atoms with E-state index in [9.17, 15) is 10.1 Å². The van der Waals surface area contributed by atoms with Gasteiger partial charge in [0.05, 0.1) is 30.8 Å². The molecule has 4 aliphatic rings. The summed E-state index contributed by atoms with van der Waals surface area (Å²) in [5, 5.41) is 12.1. The van der Waals surface area contributed by atoms with E-state index >= 15 is 0 Å². The molecule has 44 heavy (non-hydrogen) atoms. The number of benzene rings is 2. The Morgan fingerprint density at radius 1 is 1.14 bits per heavy atom. The van der Waals surface area contributed by atoms with Crippen molar-refractivity contribution >= 4 is 28.2 Å². The summed E-state index contributed by atoms with van der Waals surface area (Å²) in [6.45, 7) is 10.2. The number of ether oxygens (including phenoxy) is 1. The zero-order valence-electron chi connectivity index (χ0n) is 25.8. The van der Waals surface area contributed by atoms with Crippen LogP contribution in [0, 0.1) is 18.3 Å². The highest BCUT2D eigenvalue weighted by atomic mass is 16.5. The lowest BCUT2D eigenvalue weighted by molar-refractivity contribution is -0.128. The molecule has 9 heteroatoms. The van der Waals surface area contributed by atoms with Crippen LogP contribution >= 0.6 is 0 Å². The molecule has 0 bridgehead atoms. The number of carbonyl (C=O) groups excluding carboxylic acids is 1. The first-order valence-corrected chi connectivity index (χ1v) is 16.0. The topological polar surface area (TPSA) is 88.8 Å². The maximum Gasteiger partial charge on any atom is 0.319 e. The Labute approximate surface area is 259 Å². The fraction of sp³-hybridized carbons (Fsp3) is 0.486. The molecule has 0 unspecified atom stereocenters. The van der Waals surface area contributed by atoms with E-state index in [0.717, 1.165) is 55.8 Å². The normalized spacial score (nSPS) is 22.9. The molecule has 0 radical (unpaired) electrons. The van der Waals surface area contributed by atoms with Gasteiger partial charge < -0.3 is 19.4 Å². The van der Waals surface area contributed by atoms with Crippen molar-refractivity contribution in [2.75, 3.05) is 49.6 Å². The van der Waals surface area contributed by atoms with Crippen LogP contribution in [0.1, 0.15) is 48.9 Å². The summed E-state index contributed by atoms with van der Waals surface area (Å²) in [6.07, 6.45) is 6.78. The highest BCUT2D eigenvalue weighted by Crippen LogP contribution is 2.48. The molecule has 1 saturated carbocycles. The fourth-order valence-electron chi connectivity index (χ4n) is 7.79. The van der Waals surface area contributed by atoms with Gasteiger partial charge >= 0.3 is 6.01 Å². The SMILES string of the molecule is C=CC(=O)N1CCN(c2nc(OC3([C@@H]4CCCN4C)CC3)nc3c2CCN(c2cccc4cccc(C)c24)C3)C[C@@H]1CC#N. The van der Waals surface area contributed by atoms with E-state index in [1.807, 2.05) is 0 Å². The number of carbonyl (C=O) groups is 1. The number of hydrogen-bond acceptors (Lipinski definition) is 8. The third kappa shape index (κ3) is 5.05. The van der Waals surface area contributed by atoms with Crippen LogP contribution in [-0.4, -0.2) is 83.1 Å². The molecule has 228 valence electrons. The molecule has 0 N–H and O–H groups in total. The smallest absolute Gasteiger partial charge is 0.319 e. The number of anilines is 2. The van der Waals surface area contributed by atoms with Gasteiger partial charge in [-0.15, -0.1) is 0 Å². The number of piperazine rings is 1. The average molecular weight is 592 g/mol. The molecule has 1 aromatic heterocycles. The quantitative estimate of drug-likeness (QED) is 0.368. The number of aromatic nitrogens is 2. The minimum atomic E-state index is -0.227. The predicted molar refractivity (Wildman–Crippen MR) is 172 cm³/mol. The van der Waals surface area contributed by atoms with E-state index in [0.29, 0.717) is 38.2 Å². The number of hydrogen-bond donors (Lipinski definition) is 0. The summed E-state index contributed by atoms with van der Waals surface area (Å²) in [4.78, 5) is 31.8. The van der Waals surface area contributed by atoms with Gasteiger partial charge in [0.2, 0.25) is 5.91 Å². The Balaban J connectivity index is 1.26. The van der Waals surface area contributed by atoms with Gasteiger partial charge in [-0.05, 0) is 75.7 Å². The average Bonchev–Trinajstić information content (AvgIpc) is 3.68. The number of aryl methyl sites for hydroxylation is 1. The molecule has 2 aromatic carbocycles. The summed E-state index contributed by atoms with van der Waals surface area (Å²) in [5.74, 6) is 0.763. The molecule has 0 spiro atoms. The molecular weight excluding hydrogens is 550 g/mol. The lowest BCUT2D eigenvalue weighted by Crippen LogP contribution is -2.55. The first-order valence-electron chi connectivity index (χ1n) is 16.0. The van der Waals surface area contributed by atoms with Crippen LogP contribution in [0.4, 0.5) is 11.5 Å². The molecule has 4 heterocycles. The van der Waals surface area contributed by atoms with E-state index in [2.05, 4.69) is 77.7 Å². The van der Waals surface area contributed by atoms with Gasteiger partial charge in [0, 0.05) is 48.9 Å². The van der Waals surface area contributed by atoms with Gasteiger partial charge in [-0.3, -0.25) is 9.69 Å². The number of nitriles is 1. The Morgan fingerprint density at radius 3 is 2.68 bits per heavy atom. The Morgan fingerprint density at radius 2 is 1.95 bits per heavy atom. The van der Waals surface area contributed by atoms with Gasteiger partial charge in [-0.25, -0.2) is 0 Å². The van der Waals surface area contributed by atoms with Crippen molar-refractivity contribution < 1.29 is 9.53 Å². The minimum Gasteiger partial charge on any atom is -0.455 e. The van der Waals surface area contributed by atoms with Crippen LogP contribution in [0.5, 0.6) is 6.01 Å². The summed E-state index contributed by atoms with van der Waals surface area (Å²) in [6, 6.07) is 15.9. The summed E-state index contributed by atoms with van der Waals surface area (Å²) < 4.78 is 6.81. The number of fused-ring (bicyclic) bond motifs is 2. The molecule has 1 amide bonds. The molecule has 3 aromatic rings. The number of likely N-dealkylation sites (tertiary alicyclic amines) is 1. The van der Waals surface area contributed by atoms with Crippen molar-refractivity contribution in [3.8, 4) is 12.1 Å². The maximum absolute atomic E-state index is 12.6. The summed E-state index contributed by atoms with van der Waals surface area (Å²) in [5.41, 5.74) is 4.41. The van der Waals surface area contributed by atoms with Crippen molar-refractivity contribution in [2.24, 2.45) is 0 Å². The zero-order valence-corrected chi connectivity index (χ0v) is 25.8. The number of nitrogens with zero attached hydrogens (tertiary/aromatic N) is 7. The Bertz CT molecular complexity index is 1640. The summed E-state index contributed by atoms with van der Waals surface area (Å²) >= 11 is 0. The second-order valence-electron chi connectivity index (χ2n) is 12.9. The minimum absolute atomic E-state index is 0.129. The first kappa shape index (κ1) is 28.6.